The number of hydrogen-bond acceptors (Lipinski definition) is 5. The SMILES string of the molecule is CCN(c1ccccc1)c1cc(C(=O)OC)c(N)cn1. The lowest BCUT2D eigenvalue weighted by Crippen LogP contribution is -2.18. The predicted octanol–water partition coefficient (Wildman–Crippen LogP) is 2.61. The Kier molecular flexibility index (Phi) is 4.20. The Morgan fingerprint density at radius 2 is 2.05 bits per heavy atom. The van der Waals surface area contributed by atoms with Gasteiger partial charge in [0.15, 0.2) is 0 Å². The Hall–Kier alpha value is -2.56. The van der Waals surface area contributed by atoms with Crippen molar-refractivity contribution in [2.75, 3.05) is 24.3 Å². The number of hydrogen-bond donors (Lipinski definition) is 1. The number of pyridine rings is 1. The number of rotatable bonds is 4. The first-order valence-corrected chi connectivity index (χ1v) is 6.33. The van der Waals surface area contributed by atoms with Gasteiger partial charge in [-0.05, 0) is 25.1 Å². The van der Waals surface area contributed by atoms with Gasteiger partial charge in [-0.3, -0.25) is 0 Å². The average Bonchev–Trinajstić information content (AvgIpc) is 2.50. The second-order valence-corrected chi connectivity index (χ2v) is 4.20. The molecule has 0 saturated carbocycles. The van der Waals surface area contributed by atoms with E-state index in [0.29, 0.717) is 17.1 Å². The molecule has 0 fully saturated rings. The molecule has 0 unspecified atom stereocenters. The third-order valence-corrected chi connectivity index (χ3v) is 2.99. The Morgan fingerprint density at radius 1 is 1.35 bits per heavy atom. The van der Waals surface area contributed by atoms with E-state index >= 15 is 0 Å². The number of aromatic nitrogens is 1. The van der Waals surface area contributed by atoms with E-state index in [2.05, 4.69) is 4.98 Å². The molecule has 2 aromatic rings. The van der Waals surface area contributed by atoms with Gasteiger partial charge in [0.1, 0.15) is 5.82 Å². The quantitative estimate of drug-likeness (QED) is 0.866. The Balaban J connectivity index is 2.43. The molecular weight excluding hydrogens is 254 g/mol. The number of nitrogen functional groups attached to an aromatic ring is 1. The van der Waals surface area contributed by atoms with Crippen LogP contribution in [0.2, 0.25) is 0 Å². The van der Waals surface area contributed by atoms with E-state index in [9.17, 15) is 4.79 Å². The Labute approximate surface area is 118 Å². The van der Waals surface area contributed by atoms with Crippen LogP contribution in [0.25, 0.3) is 0 Å². The van der Waals surface area contributed by atoms with Gasteiger partial charge in [0.2, 0.25) is 0 Å². The van der Waals surface area contributed by atoms with Gasteiger partial charge in [0.05, 0.1) is 24.6 Å². The third kappa shape index (κ3) is 2.71. The van der Waals surface area contributed by atoms with Crippen molar-refractivity contribution >= 4 is 23.2 Å². The first-order chi connectivity index (χ1) is 9.67. The molecule has 2 N–H and O–H groups in total. The maximum atomic E-state index is 11.7. The fourth-order valence-corrected chi connectivity index (χ4v) is 1.97. The van der Waals surface area contributed by atoms with Crippen molar-refractivity contribution < 1.29 is 9.53 Å². The molecule has 0 saturated heterocycles. The third-order valence-electron chi connectivity index (χ3n) is 2.99. The van der Waals surface area contributed by atoms with E-state index in [4.69, 9.17) is 10.5 Å². The number of nitrogens with two attached hydrogens (primary N) is 1. The van der Waals surface area contributed by atoms with Crippen LogP contribution in [0.4, 0.5) is 17.2 Å². The summed E-state index contributed by atoms with van der Waals surface area (Å²) in [5, 5.41) is 0. The monoisotopic (exact) mass is 271 g/mol. The number of methoxy groups -OCH3 is 1. The summed E-state index contributed by atoms with van der Waals surface area (Å²) in [6.45, 7) is 2.74. The Morgan fingerprint density at radius 3 is 2.65 bits per heavy atom. The number of ether oxygens (including phenoxy) is 1. The fourth-order valence-electron chi connectivity index (χ4n) is 1.97. The highest BCUT2D eigenvalue weighted by Crippen LogP contribution is 2.25. The van der Waals surface area contributed by atoms with Crippen LogP contribution < -0.4 is 10.6 Å². The summed E-state index contributed by atoms with van der Waals surface area (Å²) in [5.41, 5.74) is 7.40. The highest BCUT2D eigenvalue weighted by Gasteiger charge is 2.15. The highest BCUT2D eigenvalue weighted by atomic mass is 16.5. The van der Waals surface area contributed by atoms with Crippen LogP contribution >= 0.6 is 0 Å². The van der Waals surface area contributed by atoms with E-state index < -0.39 is 5.97 Å². The zero-order valence-electron chi connectivity index (χ0n) is 11.5. The Bertz CT molecular complexity index is 599. The number of nitrogens with zero attached hydrogens (tertiary/aromatic N) is 2. The molecule has 1 aromatic carbocycles. The maximum absolute atomic E-state index is 11.7. The second kappa shape index (κ2) is 6.06. The van der Waals surface area contributed by atoms with Crippen LogP contribution in [0.3, 0.4) is 0 Å². The minimum absolute atomic E-state index is 0.310. The number of esters is 1. The van der Waals surface area contributed by atoms with Crippen LogP contribution in [0.5, 0.6) is 0 Å². The number of carbonyl (C=O) groups excluding carboxylic acids is 1. The molecule has 0 aliphatic heterocycles. The minimum atomic E-state index is -0.463. The van der Waals surface area contributed by atoms with E-state index in [1.54, 1.807) is 6.07 Å². The van der Waals surface area contributed by atoms with Crippen LogP contribution in [-0.2, 0) is 4.74 Å². The van der Waals surface area contributed by atoms with Crippen LogP contribution in [0.1, 0.15) is 17.3 Å². The van der Waals surface area contributed by atoms with Crippen molar-refractivity contribution in [2.24, 2.45) is 0 Å². The summed E-state index contributed by atoms with van der Waals surface area (Å²) in [6.07, 6.45) is 1.48. The van der Waals surface area contributed by atoms with Crippen molar-refractivity contribution in [1.82, 2.24) is 4.98 Å². The molecule has 20 heavy (non-hydrogen) atoms. The van der Waals surface area contributed by atoms with Gasteiger partial charge in [0, 0.05) is 12.2 Å². The summed E-state index contributed by atoms with van der Waals surface area (Å²) in [4.78, 5) is 18.0. The summed E-state index contributed by atoms with van der Waals surface area (Å²) >= 11 is 0. The topological polar surface area (TPSA) is 68.5 Å². The molecule has 104 valence electrons. The van der Waals surface area contributed by atoms with Gasteiger partial charge >= 0.3 is 5.97 Å². The van der Waals surface area contributed by atoms with Crippen molar-refractivity contribution in [3.8, 4) is 0 Å². The zero-order valence-corrected chi connectivity index (χ0v) is 11.5. The van der Waals surface area contributed by atoms with Gasteiger partial charge in [0.25, 0.3) is 0 Å². The molecule has 0 spiro atoms. The van der Waals surface area contributed by atoms with Gasteiger partial charge < -0.3 is 15.4 Å². The van der Waals surface area contributed by atoms with E-state index in [1.165, 1.54) is 13.3 Å². The fraction of sp³-hybridized carbons (Fsp3) is 0.200. The summed E-state index contributed by atoms with van der Waals surface area (Å²) in [7, 11) is 1.33. The zero-order chi connectivity index (χ0) is 14.5. The summed E-state index contributed by atoms with van der Waals surface area (Å²) in [5.74, 6) is 0.198. The molecule has 0 bridgehead atoms. The first-order valence-electron chi connectivity index (χ1n) is 6.33. The molecule has 5 nitrogen and oxygen atoms in total. The number of para-hydroxylation sites is 1. The number of benzene rings is 1. The molecule has 0 radical (unpaired) electrons. The lowest BCUT2D eigenvalue weighted by Gasteiger charge is -2.22. The van der Waals surface area contributed by atoms with E-state index in [0.717, 1.165) is 12.2 Å². The predicted molar refractivity (Wildman–Crippen MR) is 79.1 cm³/mol. The highest BCUT2D eigenvalue weighted by molar-refractivity contribution is 5.95. The lowest BCUT2D eigenvalue weighted by atomic mass is 10.2. The van der Waals surface area contributed by atoms with Crippen molar-refractivity contribution in [1.29, 1.82) is 0 Å². The normalized spacial score (nSPS) is 10.1. The smallest absolute Gasteiger partial charge is 0.340 e. The van der Waals surface area contributed by atoms with Gasteiger partial charge in [-0.2, -0.15) is 0 Å². The lowest BCUT2D eigenvalue weighted by molar-refractivity contribution is 0.0602. The van der Waals surface area contributed by atoms with Gasteiger partial charge in [-0.25, -0.2) is 9.78 Å². The molecular formula is C15H17N3O2. The molecule has 1 aromatic heterocycles. The van der Waals surface area contributed by atoms with Crippen LogP contribution in [-0.4, -0.2) is 24.6 Å². The molecule has 5 heteroatoms. The molecule has 0 atom stereocenters. The van der Waals surface area contributed by atoms with E-state index in [1.807, 2.05) is 42.2 Å². The van der Waals surface area contributed by atoms with Crippen molar-refractivity contribution in [2.45, 2.75) is 6.92 Å². The maximum Gasteiger partial charge on any atom is 0.340 e. The molecule has 0 aliphatic rings. The van der Waals surface area contributed by atoms with E-state index in [-0.39, 0.29) is 0 Å². The molecule has 2 rings (SSSR count). The first kappa shape index (κ1) is 13.9. The van der Waals surface area contributed by atoms with Crippen LogP contribution in [0, 0.1) is 0 Å². The summed E-state index contributed by atoms with van der Waals surface area (Å²) < 4.78 is 4.73. The van der Waals surface area contributed by atoms with Crippen molar-refractivity contribution in [3.63, 3.8) is 0 Å². The number of carbonyl (C=O) groups is 1. The summed E-state index contributed by atoms with van der Waals surface area (Å²) in [6, 6.07) is 11.5. The van der Waals surface area contributed by atoms with Gasteiger partial charge in [-0.1, -0.05) is 18.2 Å². The standard InChI is InChI=1S/C15H17N3O2/c1-3-18(11-7-5-4-6-8-11)14-9-12(15(19)20-2)13(16)10-17-14/h4-10H,3,16H2,1-2H3. The molecule has 0 amide bonds. The van der Waals surface area contributed by atoms with Crippen LogP contribution in [0.15, 0.2) is 42.6 Å². The average molecular weight is 271 g/mol. The largest absolute Gasteiger partial charge is 0.465 e. The second-order valence-electron chi connectivity index (χ2n) is 4.20. The van der Waals surface area contributed by atoms with Crippen molar-refractivity contribution in [3.05, 3.63) is 48.2 Å². The number of anilines is 3. The van der Waals surface area contributed by atoms with Gasteiger partial charge in [-0.15, -0.1) is 0 Å². The minimum Gasteiger partial charge on any atom is -0.465 e. The molecule has 1 heterocycles. The molecule has 0 aliphatic carbocycles.